The van der Waals surface area contributed by atoms with Crippen LogP contribution in [-0.4, -0.2) is 48.9 Å². The molecule has 0 unspecified atom stereocenters. The lowest BCUT2D eigenvalue weighted by Gasteiger charge is -2.29. The van der Waals surface area contributed by atoms with Crippen LogP contribution in [0.1, 0.15) is 63.0 Å². The Morgan fingerprint density at radius 1 is 0.968 bits per heavy atom. The Hall–Kier alpha value is -3.35. The molecule has 164 valence electrons. The zero-order chi connectivity index (χ0) is 22.9. The van der Waals surface area contributed by atoms with Gasteiger partial charge in [-0.25, -0.2) is 0 Å². The van der Waals surface area contributed by atoms with E-state index in [4.69, 9.17) is 9.47 Å². The van der Waals surface area contributed by atoms with E-state index in [1.165, 1.54) is 11.0 Å². The molecule has 0 aliphatic carbocycles. The summed E-state index contributed by atoms with van der Waals surface area (Å²) < 4.78 is 10.7. The third kappa shape index (κ3) is 4.26. The number of nitrogens with one attached hydrogen (secondary N) is 1. The number of benzene rings is 2. The lowest BCUT2D eigenvalue weighted by atomic mass is 10.0. The number of carbonyl (C=O) groups is 3. The molecule has 1 N–H and O–H groups in total. The number of amides is 3. The Morgan fingerprint density at radius 3 is 2.19 bits per heavy atom. The third-order valence-corrected chi connectivity index (χ3v) is 5.34. The number of rotatable bonds is 6. The van der Waals surface area contributed by atoms with Crippen molar-refractivity contribution in [2.75, 3.05) is 20.8 Å². The van der Waals surface area contributed by atoms with Crippen molar-refractivity contribution in [2.24, 2.45) is 0 Å². The number of imide groups is 1. The van der Waals surface area contributed by atoms with Gasteiger partial charge in [0.05, 0.1) is 25.3 Å². The van der Waals surface area contributed by atoms with E-state index in [1.54, 1.807) is 47.1 Å². The first-order valence-corrected chi connectivity index (χ1v) is 10.1. The number of fused-ring (bicyclic) bond motifs is 1. The normalized spacial score (nSPS) is 13.3. The molecule has 0 saturated heterocycles. The maximum absolute atomic E-state index is 12.7. The molecular formula is C24H28N2O5. The molecule has 7 nitrogen and oxygen atoms in total. The van der Waals surface area contributed by atoms with Crippen molar-refractivity contribution in [1.82, 2.24) is 10.2 Å². The van der Waals surface area contributed by atoms with E-state index in [0.717, 1.165) is 11.1 Å². The number of ether oxygens (including phenoxy) is 2. The third-order valence-electron chi connectivity index (χ3n) is 5.34. The zero-order valence-electron chi connectivity index (χ0n) is 18.8. The topological polar surface area (TPSA) is 84.9 Å². The quantitative estimate of drug-likeness (QED) is 0.719. The average molecular weight is 424 g/mol. The van der Waals surface area contributed by atoms with Gasteiger partial charge in [0.15, 0.2) is 11.5 Å². The summed E-state index contributed by atoms with van der Waals surface area (Å²) in [6, 6.07) is 8.43. The first kappa shape index (κ1) is 22.3. The van der Waals surface area contributed by atoms with Crippen LogP contribution >= 0.6 is 0 Å². The van der Waals surface area contributed by atoms with Crippen molar-refractivity contribution in [3.63, 3.8) is 0 Å². The second-order valence-electron chi connectivity index (χ2n) is 8.52. The molecular weight excluding hydrogens is 396 g/mol. The molecule has 0 fully saturated rings. The van der Waals surface area contributed by atoms with Gasteiger partial charge < -0.3 is 14.8 Å². The standard InChI is InChI=1S/C24H28N2O5/c1-14-11-19(30-5)20(31-6)13-15(14)9-10-25-21(27)16-7-8-17-18(12-16)23(29)26(22(17)28)24(2,3)4/h7-8,11-13H,9-10H2,1-6H3,(H,25,27). The summed E-state index contributed by atoms with van der Waals surface area (Å²) in [4.78, 5) is 39.2. The van der Waals surface area contributed by atoms with Crippen molar-refractivity contribution in [3.8, 4) is 11.5 Å². The SMILES string of the molecule is COc1cc(C)c(CCNC(=O)c2ccc3c(c2)C(=O)N(C(C)(C)C)C3=O)cc1OC. The lowest BCUT2D eigenvalue weighted by Crippen LogP contribution is -2.45. The monoisotopic (exact) mass is 424 g/mol. The van der Waals surface area contributed by atoms with Crippen LogP contribution < -0.4 is 14.8 Å². The molecule has 0 radical (unpaired) electrons. The van der Waals surface area contributed by atoms with Crippen LogP contribution in [0, 0.1) is 6.92 Å². The van der Waals surface area contributed by atoms with Gasteiger partial charge in [0.25, 0.3) is 17.7 Å². The fraction of sp³-hybridized carbons (Fsp3) is 0.375. The van der Waals surface area contributed by atoms with Crippen molar-refractivity contribution < 1.29 is 23.9 Å². The lowest BCUT2D eigenvalue weighted by molar-refractivity contribution is 0.0507. The molecule has 0 aromatic heterocycles. The maximum Gasteiger partial charge on any atom is 0.262 e. The molecule has 7 heteroatoms. The predicted molar refractivity (Wildman–Crippen MR) is 117 cm³/mol. The highest BCUT2D eigenvalue weighted by atomic mass is 16.5. The van der Waals surface area contributed by atoms with Crippen LogP contribution in [-0.2, 0) is 6.42 Å². The smallest absolute Gasteiger partial charge is 0.262 e. The number of hydrogen-bond acceptors (Lipinski definition) is 5. The molecule has 2 aromatic rings. The van der Waals surface area contributed by atoms with E-state index < -0.39 is 5.54 Å². The molecule has 31 heavy (non-hydrogen) atoms. The van der Waals surface area contributed by atoms with E-state index in [-0.39, 0.29) is 23.3 Å². The fourth-order valence-electron chi connectivity index (χ4n) is 3.70. The van der Waals surface area contributed by atoms with Crippen molar-refractivity contribution in [3.05, 3.63) is 58.1 Å². The first-order chi connectivity index (χ1) is 14.6. The summed E-state index contributed by atoms with van der Waals surface area (Å²) in [6.45, 7) is 7.80. The Balaban J connectivity index is 1.71. The van der Waals surface area contributed by atoms with Crippen LogP contribution in [0.3, 0.4) is 0 Å². The van der Waals surface area contributed by atoms with Crippen molar-refractivity contribution >= 4 is 17.7 Å². The molecule has 0 atom stereocenters. The predicted octanol–water partition coefficient (Wildman–Crippen LogP) is 3.38. The van der Waals surface area contributed by atoms with Crippen molar-refractivity contribution in [2.45, 2.75) is 39.7 Å². The molecule has 3 amide bonds. The Labute approximate surface area is 182 Å². The van der Waals surface area contributed by atoms with E-state index in [2.05, 4.69) is 5.32 Å². The number of hydrogen-bond donors (Lipinski definition) is 1. The van der Waals surface area contributed by atoms with Gasteiger partial charge in [0.1, 0.15) is 0 Å². The number of carbonyl (C=O) groups excluding carboxylic acids is 3. The molecule has 1 aliphatic rings. The molecule has 1 aliphatic heterocycles. The molecule has 1 heterocycles. The van der Waals surface area contributed by atoms with E-state index >= 15 is 0 Å². The van der Waals surface area contributed by atoms with Gasteiger partial charge in [0.2, 0.25) is 0 Å². The summed E-state index contributed by atoms with van der Waals surface area (Å²) in [5, 5.41) is 2.88. The minimum Gasteiger partial charge on any atom is -0.493 e. The van der Waals surface area contributed by atoms with E-state index in [1.807, 2.05) is 19.1 Å². The molecule has 3 rings (SSSR count). The summed E-state index contributed by atoms with van der Waals surface area (Å²) in [5.74, 6) is 0.302. The van der Waals surface area contributed by atoms with Gasteiger partial charge in [-0.1, -0.05) is 0 Å². The Bertz CT molecular complexity index is 1050. The van der Waals surface area contributed by atoms with Gasteiger partial charge >= 0.3 is 0 Å². The summed E-state index contributed by atoms with van der Waals surface area (Å²) in [5.41, 5.74) is 2.39. The van der Waals surface area contributed by atoms with Crippen LogP contribution in [0.5, 0.6) is 11.5 Å². The summed E-state index contributed by atoms with van der Waals surface area (Å²) in [6.07, 6.45) is 0.609. The van der Waals surface area contributed by atoms with Crippen molar-refractivity contribution in [1.29, 1.82) is 0 Å². The molecule has 2 aromatic carbocycles. The van der Waals surface area contributed by atoms with Gasteiger partial charge in [-0.2, -0.15) is 0 Å². The molecule has 0 saturated carbocycles. The zero-order valence-corrected chi connectivity index (χ0v) is 18.8. The fourth-order valence-corrected chi connectivity index (χ4v) is 3.70. The molecule has 0 bridgehead atoms. The Kier molecular flexibility index (Phi) is 6.06. The second kappa shape index (κ2) is 8.41. The minimum atomic E-state index is -0.632. The minimum absolute atomic E-state index is 0.267. The summed E-state index contributed by atoms with van der Waals surface area (Å²) >= 11 is 0. The summed E-state index contributed by atoms with van der Waals surface area (Å²) in [7, 11) is 3.17. The average Bonchev–Trinajstić information content (AvgIpc) is 2.98. The first-order valence-electron chi connectivity index (χ1n) is 10.1. The van der Waals surface area contributed by atoms with Crippen LogP contribution in [0.4, 0.5) is 0 Å². The van der Waals surface area contributed by atoms with E-state index in [0.29, 0.717) is 35.6 Å². The Morgan fingerprint density at radius 2 is 1.58 bits per heavy atom. The molecule has 0 spiro atoms. The van der Waals surface area contributed by atoms with Crippen LogP contribution in [0.25, 0.3) is 0 Å². The largest absolute Gasteiger partial charge is 0.493 e. The van der Waals surface area contributed by atoms with Gasteiger partial charge in [-0.05, 0) is 75.6 Å². The van der Waals surface area contributed by atoms with Gasteiger partial charge in [-0.3, -0.25) is 19.3 Å². The van der Waals surface area contributed by atoms with Gasteiger partial charge in [-0.15, -0.1) is 0 Å². The number of aryl methyl sites for hydroxylation is 1. The van der Waals surface area contributed by atoms with Crippen LogP contribution in [0.15, 0.2) is 30.3 Å². The highest BCUT2D eigenvalue weighted by Crippen LogP contribution is 2.31. The van der Waals surface area contributed by atoms with E-state index in [9.17, 15) is 14.4 Å². The van der Waals surface area contributed by atoms with Gasteiger partial charge in [0, 0.05) is 17.6 Å². The maximum atomic E-state index is 12.7. The highest BCUT2D eigenvalue weighted by Gasteiger charge is 2.42. The highest BCUT2D eigenvalue weighted by molar-refractivity contribution is 6.22. The number of methoxy groups -OCH3 is 2. The number of nitrogens with zero attached hydrogens (tertiary/aromatic N) is 1. The second-order valence-corrected chi connectivity index (χ2v) is 8.52. The van der Waals surface area contributed by atoms with Crippen LogP contribution in [0.2, 0.25) is 0 Å².